The van der Waals surface area contributed by atoms with Gasteiger partial charge in [-0.2, -0.15) is 0 Å². The van der Waals surface area contributed by atoms with E-state index in [0.717, 1.165) is 77.7 Å². The summed E-state index contributed by atoms with van der Waals surface area (Å²) < 4.78 is 11.5. The van der Waals surface area contributed by atoms with Gasteiger partial charge < -0.3 is 8.83 Å². The average molecular weight is 609 g/mol. The number of oxazole rings is 2. The van der Waals surface area contributed by atoms with Gasteiger partial charge in [0.05, 0.1) is 17.1 Å². The second-order valence-corrected chi connectivity index (χ2v) is 12.4. The van der Waals surface area contributed by atoms with Crippen LogP contribution in [0.4, 0.5) is 11.4 Å². The van der Waals surface area contributed by atoms with Gasteiger partial charge in [-0.1, -0.05) is 39.8 Å². The minimum Gasteiger partial charge on any atom is -0.441 e. The molecule has 4 aromatic carbocycles. The molecule has 232 valence electrons. The van der Waals surface area contributed by atoms with Crippen LogP contribution in [0.2, 0.25) is 0 Å². The molecular weight excluding hydrogens is 568 g/mol. The van der Waals surface area contributed by atoms with E-state index in [4.69, 9.17) is 13.8 Å². The maximum Gasteiger partial charge on any atom is 0.227 e. The van der Waals surface area contributed by atoms with Gasteiger partial charge in [0.1, 0.15) is 11.0 Å². The summed E-state index contributed by atoms with van der Waals surface area (Å²) in [6, 6.07) is 21.7. The van der Waals surface area contributed by atoms with Gasteiger partial charge >= 0.3 is 0 Å². The molecule has 2 aliphatic heterocycles. The normalized spacial score (nSPS) is 13.4. The highest BCUT2D eigenvalue weighted by Crippen LogP contribution is 2.38. The van der Waals surface area contributed by atoms with Gasteiger partial charge in [-0.3, -0.25) is 9.98 Å². The van der Waals surface area contributed by atoms with Crippen molar-refractivity contribution < 1.29 is 8.83 Å². The second-order valence-electron chi connectivity index (χ2n) is 12.4. The topological polar surface area (TPSA) is 76.8 Å². The fourth-order valence-corrected chi connectivity index (χ4v) is 6.43. The Morgan fingerprint density at radius 2 is 1.09 bits per heavy atom. The summed E-state index contributed by atoms with van der Waals surface area (Å²) in [5.41, 5.74) is 18.1. The van der Waals surface area contributed by atoms with Crippen molar-refractivity contribution in [3.05, 3.63) is 105 Å². The fraction of sp³-hybridized carbons (Fsp3) is 0.300. The molecule has 0 saturated carbocycles. The molecule has 0 fully saturated rings. The molecule has 4 heterocycles. The summed E-state index contributed by atoms with van der Waals surface area (Å²) in [7, 11) is 0. The van der Waals surface area contributed by atoms with Crippen LogP contribution in [0.3, 0.4) is 0 Å². The highest BCUT2D eigenvalue weighted by Gasteiger charge is 2.21. The highest BCUT2D eigenvalue weighted by molar-refractivity contribution is 6.07. The molecule has 0 spiro atoms. The van der Waals surface area contributed by atoms with Crippen LogP contribution in [0.25, 0.3) is 33.7 Å². The third kappa shape index (κ3) is 5.80. The van der Waals surface area contributed by atoms with Gasteiger partial charge in [0, 0.05) is 37.1 Å². The third-order valence-corrected chi connectivity index (χ3v) is 8.97. The lowest BCUT2D eigenvalue weighted by Crippen LogP contribution is -2.02. The van der Waals surface area contributed by atoms with Crippen molar-refractivity contribution in [1.29, 1.82) is 0 Å². The summed E-state index contributed by atoms with van der Waals surface area (Å²) >= 11 is 0. The minimum atomic E-state index is 0.648. The predicted octanol–water partition coefficient (Wildman–Crippen LogP) is 10.2. The van der Waals surface area contributed by atoms with Crippen LogP contribution in [0.5, 0.6) is 0 Å². The molecule has 0 bridgehead atoms. The van der Waals surface area contributed by atoms with E-state index in [-0.39, 0.29) is 0 Å². The number of hydrogen-bond acceptors (Lipinski definition) is 6. The monoisotopic (exact) mass is 608 g/mol. The summed E-state index contributed by atoms with van der Waals surface area (Å²) in [5, 5.41) is 0. The number of hydrogen-bond donors (Lipinski definition) is 0. The first-order chi connectivity index (χ1) is 22.3. The van der Waals surface area contributed by atoms with Crippen LogP contribution in [0, 0.1) is 6.92 Å². The zero-order valence-electron chi connectivity index (χ0n) is 27.6. The fourth-order valence-electron chi connectivity index (χ4n) is 6.43. The quantitative estimate of drug-likeness (QED) is 0.188. The number of aliphatic imine (C=N–C) groups is 2. The van der Waals surface area contributed by atoms with Gasteiger partial charge in [0.25, 0.3) is 0 Å². The summed E-state index contributed by atoms with van der Waals surface area (Å²) in [6.45, 7) is 12.7. The molecule has 0 N–H and O–H groups in total. The molecule has 0 amide bonds. The molecule has 2 aliphatic rings. The first-order valence-corrected chi connectivity index (χ1v) is 16.5. The van der Waals surface area contributed by atoms with E-state index in [1.807, 2.05) is 19.1 Å². The van der Waals surface area contributed by atoms with Gasteiger partial charge in [-0.15, -0.1) is 0 Å². The molecule has 6 aromatic rings. The number of aryl methyl sites for hydroxylation is 5. The lowest BCUT2D eigenvalue weighted by Gasteiger charge is -2.07. The van der Waals surface area contributed by atoms with Gasteiger partial charge in [0.2, 0.25) is 5.89 Å². The van der Waals surface area contributed by atoms with E-state index >= 15 is 0 Å². The number of rotatable bonds is 6. The SMILES string of the molecule is CCc1cc(CC)cc(-c2nc3cc4nc(C)oc4cc3o2)c1.CCc1cc(CC)cc(C2=Nc3cc4c(cc3C2)N=C(C)C4)c1. The summed E-state index contributed by atoms with van der Waals surface area (Å²) in [6.07, 6.45) is 6.04. The largest absolute Gasteiger partial charge is 0.441 e. The van der Waals surface area contributed by atoms with Crippen LogP contribution in [-0.4, -0.2) is 21.4 Å². The van der Waals surface area contributed by atoms with E-state index < -0.39 is 0 Å². The standard InChI is InChI=1S/C21H22N2.C19H18N2O2/c1-4-14-7-15(5-2)9-17(8-14)20-12-18-11-19-16(6-13(3)22-19)10-21(18)23-20;1-4-12-6-13(5-2)8-14(7-12)19-21-16-9-15-17(10-18(16)23-19)22-11(3)20-15/h7-11H,4-6,12H2,1-3H3;6-10H,4-5H2,1-3H3. The molecule has 6 heteroatoms. The van der Waals surface area contributed by atoms with E-state index in [1.165, 1.54) is 50.4 Å². The van der Waals surface area contributed by atoms with E-state index in [0.29, 0.717) is 11.8 Å². The van der Waals surface area contributed by atoms with Crippen LogP contribution in [-0.2, 0) is 38.5 Å². The molecule has 46 heavy (non-hydrogen) atoms. The van der Waals surface area contributed by atoms with Gasteiger partial charge in [0.15, 0.2) is 17.1 Å². The average Bonchev–Trinajstić information content (AvgIpc) is 3.85. The first kappa shape index (κ1) is 29.8. The van der Waals surface area contributed by atoms with Crippen molar-refractivity contribution >= 4 is 45.0 Å². The van der Waals surface area contributed by atoms with Crippen molar-refractivity contribution in [2.24, 2.45) is 9.98 Å². The Morgan fingerprint density at radius 1 is 0.543 bits per heavy atom. The smallest absolute Gasteiger partial charge is 0.227 e. The Morgan fingerprint density at radius 3 is 1.72 bits per heavy atom. The number of fused-ring (bicyclic) bond motifs is 4. The van der Waals surface area contributed by atoms with E-state index in [1.54, 1.807) is 0 Å². The predicted molar refractivity (Wildman–Crippen MR) is 189 cm³/mol. The minimum absolute atomic E-state index is 0.648. The summed E-state index contributed by atoms with van der Waals surface area (Å²) in [5.74, 6) is 1.30. The van der Waals surface area contributed by atoms with E-state index in [9.17, 15) is 0 Å². The molecular formula is C40H40N4O2. The molecule has 0 atom stereocenters. The molecule has 8 rings (SSSR count). The number of benzene rings is 4. The Balaban J connectivity index is 0.000000147. The second kappa shape index (κ2) is 12.2. The maximum absolute atomic E-state index is 5.97. The zero-order valence-corrected chi connectivity index (χ0v) is 27.6. The zero-order chi connectivity index (χ0) is 31.9. The molecule has 0 aliphatic carbocycles. The Hall–Kier alpha value is -4.84. The number of nitrogens with zero attached hydrogens (tertiary/aromatic N) is 4. The third-order valence-electron chi connectivity index (χ3n) is 8.97. The van der Waals surface area contributed by atoms with Crippen molar-refractivity contribution in [2.45, 2.75) is 80.1 Å². The lowest BCUT2D eigenvalue weighted by atomic mass is 9.97. The van der Waals surface area contributed by atoms with Crippen molar-refractivity contribution in [1.82, 2.24) is 9.97 Å². The molecule has 0 radical (unpaired) electrons. The van der Waals surface area contributed by atoms with E-state index in [2.05, 4.69) is 98.1 Å². The van der Waals surface area contributed by atoms with Crippen LogP contribution in [0.1, 0.15) is 79.5 Å². The Bertz CT molecular complexity index is 2080. The first-order valence-electron chi connectivity index (χ1n) is 16.5. The summed E-state index contributed by atoms with van der Waals surface area (Å²) in [4.78, 5) is 18.6. The molecule has 6 nitrogen and oxygen atoms in total. The van der Waals surface area contributed by atoms with Crippen LogP contribution < -0.4 is 0 Å². The highest BCUT2D eigenvalue weighted by atomic mass is 16.4. The van der Waals surface area contributed by atoms with Crippen molar-refractivity contribution in [3.63, 3.8) is 0 Å². The lowest BCUT2D eigenvalue weighted by molar-refractivity contribution is 0.560. The van der Waals surface area contributed by atoms with Crippen LogP contribution >= 0.6 is 0 Å². The Labute approximate surface area is 270 Å². The molecule has 2 aromatic heterocycles. The van der Waals surface area contributed by atoms with Gasteiger partial charge in [-0.25, -0.2) is 9.97 Å². The van der Waals surface area contributed by atoms with Gasteiger partial charge in [-0.05, 0) is 114 Å². The Kier molecular flexibility index (Phi) is 7.89. The van der Waals surface area contributed by atoms with Crippen molar-refractivity contribution in [3.8, 4) is 11.5 Å². The molecule has 0 unspecified atom stereocenters. The number of aromatic nitrogens is 2. The maximum atomic E-state index is 5.97. The van der Waals surface area contributed by atoms with Crippen LogP contribution in [0.15, 0.2) is 79.5 Å². The van der Waals surface area contributed by atoms with Crippen molar-refractivity contribution in [2.75, 3.05) is 0 Å². The molecule has 0 saturated heterocycles.